The van der Waals surface area contributed by atoms with Crippen LogP contribution in [0.5, 0.6) is 0 Å². The minimum absolute atomic E-state index is 0.0663. The maximum Gasteiger partial charge on any atom is 0.243 e. The van der Waals surface area contributed by atoms with E-state index in [0.717, 1.165) is 19.7 Å². The maximum atomic E-state index is 13.0. The van der Waals surface area contributed by atoms with Gasteiger partial charge in [-0.05, 0) is 38.1 Å². The number of aliphatic hydroxyl groups is 2. The predicted molar refractivity (Wildman–Crippen MR) is 114 cm³/mol. The summed E-state index contributed by atoms with van der Waals surface area (Å²) in [6, 6.07) is 12.6. The van der Waals surface area contributed by atoms with Crippen molar-refractivity contribution >= 4 is 20.0 Å². The average Bonchev–Trinajstić information content (AvgIpc) is 2.70. The highest BCUT2D eigenvalue weighted by Crippen LogP contribution is 2.19. The number of aliphatic hydroxyl groups excluding tert-OH is 2. The number of sulfonamides is 2. The zero-order valence-corrected chi connectivity index (χ0v) is 18.7. The topological polar surface area (TPSA) is 115 Å². The highest BCUT2D eigenvalue weighted by atomic mass is 32.2. The molecule has 0 spiro atoms. The molecule has 30 heavy (non-hydrogen) atoms. The second-order valence-electron chi connectivity index (χ2n) is 6.88. The van der Waals surface area contributed by atoms with E-state index in [1.807, 2.05) is 13.8 Å². The third-order valence-corrected chi connectivity index (χ3v) is 8.44. The molecule has 0 heterocycles. The van der Waals surface area contributed by atoms with Gasteiger partial charge in [0.25, 0.3) is 0 Å². The number of hydrogen-bond donors (Lipinski definition) is 2. The Balaban J connectivity index is 2.26. The Bertz CT molecular complexity index is 934. The third kappa shape index (κ3) is 5.87. The number of aryl methyl sites for hydroxylation is 2. The first-order valence-electron chi connectivity index (χ1n) is 9.48. The van der Waals surface area contributed by atoms with Gasteiger partial charge in [-0.3, -0.25) is 0 Å². The van der Waals surface area contributed by atoms with Crippen molar-refractivity contribution in [3.63, 3.8) is 0 Å². The zero-order chi connectivity index (χ0) is 22.4. The Morgan fingerprint density at radius 1 is 0.600 bits per heavy atom. The molecule has 2 N–H and O–H groups in total. The fraction of sp³-hybridized carbons (Fsp3) is 0.400. The third-order valence-electron chi connectivity index (χ3n) is 4.62. The number of nitrogens with zero attached hydrogens (tertiary/aromatic N) is 2. The van der Waals surface area contributed by atoms with E-state index in [2.05, 4.69) is 0 Å². The van der Waals surface area contributed by atoms with Crippen LogP contribution in [0.2, 0.25) is 0 Å². The van der Waals surface area contributed by atoms with Crippen molar-refractivity contribution in [3.8, 4) is 0 Å². The normalized spacial score (nSPS) is 12.6. The summed E-state index contributed by atoms with van der Waals surface area (Å²) in [5.74, 6) is 0. The molecule has 2 aromatic carbocycles. The van der Waals surface area contributed by atoms with E-state index in [1.54, 1.807) is 24.3 Å². The summed E-state index contributed by atoms with van der Waals surface area (Å²) in [4.78, 5) is 0.133. The molecule has 166 valence electrons. The van der Waals surface area contributed by atoms with E-state index in [9.17, 15) is 27.0 Å². The molecule has 0 amide bonds. The first-order valence-corrected chi connectivity index (χ1v) is 12.4. The maximum absolute atomic E-state index is 13.0. The van der Waals surface area contributed by atoms with Gasteiger partial charge in [-0.25, -0.2) is 16.8 Å². The number of hydrogen-bond acceptors (Lipinski definition) is 6. The summed E-state index contributed by atoms with van der Waals surface area (Å²) in [5.41, 5.74) is 1.81. The standard InChI is InChI=1S/C20H28N2O6S2/c1-17-3-7-19(8-4-17)29(25,26)21(13-15-23)11-12-22(14-16-24)30(27,28)20-9-5-18(2)6-10-20/h3-10,23-24H,11-16H2,1-2H3. The van der Waals surface area contributed by atoms with Gasteiger partial charge in [0.05, 0.1) is 23.0 Å². The molecule has 2 aromatic rings. The predicted octanol–water partition coefficient (Wildman–Crippen LogP) is 0.970. The van der Waals surface area contributed by atoms with Crippen LogP contribution < -0.4 is 0 Å². The molecule has 0 aliphatic rings. The van der Waals surface area contributed by atoms with Crippen molar-refractivity contribution in [1.82, 2.24) is 8.61 Å². The molecule has 0 aromatic heterocycles. The fourth-order valence-corrected chi connectivity index (χ4v) is 5.71. The molecule has 0 bridgehead atoms. The van der Waals surface area contributed by atoms with Crippen LogP contribution in [0.1, 0.15) is 11.1 Å². The van der Waals surface area contributed by atoms with Crippen molar-refractivity contribution < 1.29 is 27.0 Å². The van der Waals surface area contributed by atoms with Crippen LogP contribution in [0.15, 0.2) is 58.3 Å². The summed E-state index contributed by atoms with van der Waals surface area (Å²) < 4.78 is 53.9. The van der Waals surface area contributed by atoms with E-state index in [0.29, 0.717) is 0 Å². The van der Waals surface area contributed by atoms with Gasteiger partial charge < -0.3 is 10.2 Å². The molecule has 0 atom stereocenters. The van der Waals surface area contributed by atoms with Gasteiger partial charge in [0, 0.05) is 26.2 Å². The largest absolute Gasteiger partial charge is 0.395 e. The second-order valence-corrected chi connectivity index (χ2v) is 10.8. The van der Waals surface area contributed by atoms with E-state index in [1.165, 1.54) is 24.3 Å². The molecule has 2 rings (SSSR count). The quantitative estimate of drug-likeness (QED) is 0.521. The monoisotopic (exact) mass is 456 g/mol. The van der Waals surface area contributed by atoms with Crippen molar-refractivity contribution in [3.05, 3.63) is 59.7 Å². The highest BCUT2D eigenvalue weighted by Gasteiger charge is 2.28. The lowest BCUT2D eigenvalue weighted by molar-refractivity contribution is 0.229. The van der Waals surface area contributed by atoms with Gasteiger partial charge in [0.1, 0.15) is 0 Å². The van der Waals surface area contributed by atoms with Crippen LogP contribution in [0.3, 0.4) is 0 Å². The SMILES string of the molecule is Cc1ccc(S(=O)(=O)N(CCO)CCN(CCO)S(=O)(=O)c2ccc(C)cc2)cc1. The van der Waals surface area contributed by atoms with Crippen molar-refractivity contribution in [2.45, 2.75) is 23.6 Å². The average molecular weight is 457 g/mol. The lowest BCUT2D eigenvalue weighted by Crippen LogP contribution is -2.43. The second kappa shape index (κ2) is 10.5. The molecule has 0 aliphatic heterocycles. The Hall–Kier alpha value is -1.82. The molecule has 0 saturated carbocycles. The summed E-state index contributed by atoms with van der Waals surface area (Å²) in [7, 11) is -7.83. The zero-order valence-electron chi connectivity index (χ0n) is 17.1. The summed E-state index contributed by atoms with van der Waals surface area (Å²) in [6.07, 6.45) is 0. The van der Waals surface area contributed by atoms with E-state index < -0.39 is 33.3 Å². The molecule has 10 heteroatoms. The smallest absolute Gasteiger partial charge is 0.243 e. The van der Waals surface area contributed by atoms with Crippen molar-refractivity contribution in [2.24, 2.45) is 0 Å². The number of rotatable bonds is 11. The summed E-state index contributed by atoms with van der Waals surface area (Å²) in [5, 5.41) is 18.7. The van der Waals surface area contributed by atoms with Crippen LogP contribution in [0.4, 0.5) is 0 Å². The van der Waals surface area contributed by atoms with Gasteiger partial charge in [-0.15, -0.1) is 0 Å². The molecule has 0 radical (unpaired) electrons. The lowest BCUT2D eigenvalue weighted by Gasteiger charge is -2.26. The van der Waals surface area contributed by atoms with Crippen LogP contribution in [-0.4, -0.2) is 75.1 Å². The minimum atomic E-state index is -3.92. The highest BCUT2D eigenvalue weighted by molar-refractivity contribution is 7.89. The summed E-state index contributed by atoms with van der Waals surface area (Å²) in [6.45, 7) is 2.19. The van der Waals surface area contributed by atoms with Gasteiger partial charge in [0.2, 0.25) is 20.0 Å². The van der Waals surface area contributed by atoms with Crippen molar-refractivity contribution in [2.75, 3.05) is 39.4 Å². The fourth-order valence-electron chi connectivity index (χ4n) is 2.87. The summed E-state index contributed by atoms with van der Waals surface area (Å²) >= 11 is 0. The van der Waals surface area contributed by atoms with Crippen LogP contribution in [-0.2, 0) is 20.0 Å². The molecular formula is C20H28N2O6S2. The number of benzene rings is 2. The van der Waals surface area contributed by atoms with Gasteiger partial charge >= 0.3 is 0 Å². The van der Waals surface area contributed by atoms with E-state index in [4.69, 9.17) is 0 Å². The molecule has 0 saturated heterocycles. The van der Waals surface area contributed by atoms with Gasteiger partial charge in [0.15, 0.2) is 0 Å². The van der Waals surface area contributed by atoms with Gasteiger partial charge in [-0.1, -0.05) is 35.4 Å². The van der Waals surface area contributed by atoms with Gasteiger partial charge in [-0.2, -0.15) is 8.61 Å². The first-order chi connectivity index (χ1) is 14.1. The van der Waals surface area contributed by atoms with Crippen LogP contribution >= 0.6 is 0 Å². The molecule has 8 nitrogen and oxygen atoms in total. The first kappa shape index (κ1) is 24.4. The Labute approximate surface area is 178 Å². The molecular weight excluding hydrogens is 428 g/mol. The Kier molecular flexibility index (Phi) is 8.53. The Morgan fingerprint density at radius 2 is 0.900 bits per heavy atom. The van der Waals surface area contributed by atoms with E-state index >= 15 is 0 Å². The Morgan fingerprint density at radius 3 is 1.17 bits per heavy atom. The van der Waals surface area contributed by atoms with Crippen LogP contribution in [0, 0.1) is 13.8 Å². The molecule has 0 aliphatic carbocycles. The van der Waals surface area contributed by atoms with E-state index in [-0.39, 0.29) is 36.0 Å². The minimum Gasteiger partial charge on any atom is -0.395 e. The molecule has 0 unspecified atom stereocenters. The lowest BCUT2D eigenvalue weighted by atomic mass is 10.2. The van der Waals surface area contributed by atoms with Crippen LogP contribution in [0.25, 0.3) is 0 Å². The van der Waals surface area contributed by atoms with Crippen molar-refractivity contribution in [1.29, 1.82) is 0 Å². The molecule has 0 fully saturated rings.